The van der Waals surface area contributed by atoms with Gasteiger partial charge in [-0.1, -0.05) is 0 Å². The zero-order chi connectivity index (χ0) is 9.97. The first-order chi connectivity index (χ1) is 6.83. The zero-order valence-electron chi connectivity index (χ0n) is 8.28. The van der Waals surface area contributed by atoms with Gasteiger partial charge in [0.05, 0.1) is 18.6 Å². The van der Waals surface area contributed by atoms with Crippen LogP contribution in [0.4, 0.5) is 0 Å². The Morgan fingerprint density at radius 2 is 2.29 bits per heavy atom. The summed E-state index contributed by atoms with van der Waals surface area (Å²) < 4.78 is 5.10. The van der Waals surface area contributed by atoms with Crippen molar-refractivity contribution in [1.82, 2.24) is 5.32 Å². The Bertz CT molecular complexity index is 391. The molecule has 0 spiro atoms. The van der Waals surface area contributed by atoms with E-state index in [1.165, 1.54) is 16.0 Å². The SMILES string of the molecule is CNC(c1ccoc1)c1sccc1C. The highest BCUT2D eigenvalue weighted by Gasteiger charge is 2.15. The number of furan rings is 1. The summed E-state index contributed by atoms with van der Waals surface area (Å²) in [6, 6.07) is 4.40. The molecule has 0 bridgehead atoms. The van der Waals surface area contributed by atoms with Crippen LogP contribution < -0.4 is 5.32 Å². The quantitative estimate of drug-likeness (QED) is 0.837. The van der Waals surface area contributed by atoms with E-state index in [2.05, 4.69) is 23.7 Å². The molecule has 0 fully saturated rings. The van der Waals surface area contributed by atoms with Crippen LogP contribution in [0.3, 0.4) is 0 Å². The van der Waals surface area contributed by atoms with Gasteiger partial charge < -0.3 is 9.73 Å². The summed E-state index contributed by atoms with van der Waals surface area (Å²) in [6.07, 6.45) is 3.50. The van der Waals surface area contributed by atoms with Crippen LogP contribution in [-0.4, -0.2) is 7.05 Å². The second-order valence-electron chi connectivity index (χ2n) is 3.25. The van der Waals surface area contributed by atoms with Crippen molar-refractivity contribution < 1.29 is 4.42 Å². The maximum absolute atomic E-state index is 5.10. The third kappa shape index (κ3) is 1.61. The summed E-state index contributed by atoms with van der Waals surface area (Å²) in [5.74, 6) is 0. The van der Waals surface area contributed by atoms with E-state index < -0.39 is 0 Å². The molecule has 1 atom stereocenters. The molecule has 14 heavy (non-hydrogen) atoms. The van der Waals surface area contributed by atoms with Gasteiger partial charge in [-0.2, -0.15) is 0 Å². The van der Waals surface area contributed by atoms with E-state index in [9.17, 15) is 0 Å². The molecule has 0 radical (unpaired) electrons. The number of nitrogens with one attached hydrogen (secondary N) is 1. The average molecular weight is 207 g/mol. The van der Waals surface area contributed by atoms with Gasteiger partial charge in [-0.3, -0.25) is 0 Å². The molecule has 74 valence electrons. The van der Waals surface area contributed by atoms with Gasteiger partial charge in [-0.25, -0.2) is 0 Å². The Morgan fingerprint density at radius 3 is 2.79 bits per heavy atom. The Labute approximate surface area is 87.6 Å². The van der Waals surface area contributed by atoms with Crippen molar-refractivity contribution in [3.05, 3.63) is 46.0 Å². The Morgan fingerprint density at radius 1 is 1.43 bits per heavy atom. The monoisotopic (exact) mass is 207 g/mol. The van der Waals surface area contributed by atoms with Crippen LogP contribution in [0.2, 0.25) is 0 Å². The number of aryl methyl sites for hydroxylation is 1. The fourth-order valence-corrected chi connectivity index (χ4v) is 2.63. The first-order valence-corrected chi connectivity index (χ1v) is 5.44. The van der Waals surface area contributed by atoms with Crippen molar-refractivity contribution in [1.29, 1.82) is 0 Å². The Kier molecular flexibility index (Phi) is 2.70. The van der Waals surface area contributed by atoms with Crippen LogP contribution in [0.5, 0.6) is 0 Å². The number of thiophene rings is 1. The molecule has 2 rings (SSSR count). The van der Waals surface area contributed by atoms with Gasteiger partial charge in [-0.05, 0) is 37.0 Å². The summed E-state index contributed by atoms with van der Waals surface area (Å²) in [6.45, 7) is 2.14. The third-order valence-corrected chi connectivity index (χ3v) is 3.41. The maximum atomic E-state index is 5.10. The summed E-state index contributed by atoms with van der Waals surface area (Å²) in [5, 5.41) is 5.42. The normalized spacial score (nSPS) is 13.0. The van der Waals surface area contributed by atoms with Crippen molar-refractivity contribution in [3.8, 4) is 0 Å². The summed E-state index contributed by atoms with van der Waals surface area (Å²) in [5.41, 5.74) is 2.51. The van der Waals surface area contributed by atoms with Gasteiger partial charge in [0, 0.05) is 10.4 Å². The molecule has 1 N–H and O–H groups in total. The van der Waals surface area contributed by atoms with E-state index in [0.29, 0.717) is 0 Å². The molecule has 2 nitrogen and oxygen atoms in total. The van der Waals surface area contributed by atoms with Gasteiger partial charge in [0.1, 0.15) is 0 Å². The molecule has 3 heteroatoms. The van der Waals surface area contributed by atoms with Gasteiger partial charge in [0.2, 0.25) is 0 Å². The molecular weight excluding hydrogens is 194 g/mol. The van der Waals surface area contributed by atoms with E-state index in [0.717, 1.165) is 0 Å². The number of hydrogen-bond donors (Lipinski definition) is 1. The van der Waals surface area contributed by atoms with E-state index in [1.807, 2.05) is 13.1 Å². The van der Waals surface area contributed by atoms with E-state index in [1.54, 1.807) is 23.9 Å². The van der Waals surface area contributed by atoms with Crippen LogP contribution in [0.25, 0.3) is 0 Å². The maximum Gasteiger partial charge on any atom is 0.0954 e. The molecule has 2 aromatic rings. The number of rotatable bonds is 3. The molecule has 2 aromatic heterocycles. The van der Waals surface area contributed by atoms with E-state index in [4.69, 9.17) is 4.42 Å². The fourth-order valence-electron chi connectivity index (χ4n) is 1.57. The smallest absolute Gasteiger partial charge is 0.0954 e. The largest absolute Gasteiger partial charge is 0.472 e. The summed E-state index contributed by atoms with van der Waals surface area (Å²) in [4.78, 5) is 1.36. The molecule has 1 unspecified atom stereocenters. The van der Waals surface area contributed by atoms with Crippen LogP contribution in [0.1, 0.15) is 22.0 Å². The zero-order valence-corrected chi connectivity index (χ0v) is 9.10. The van der Waals surface area contributed by atoms with Crippen LogP contribution in [-0.2, 0) is 0 Å². The molecule has 2 heterocycles. The van der Waals surface area contributed by atoms with Crippen molar-refractivity contribution in [2.45, 2.75) is 13.0 Å². The highest BCUT2D eigenvalue weighted by Crippen LogP contribution is 2.29. The second kappa shape index (κ2) is 3.98. The van der Waals surface area contributed by atoms with Gasteiger partial charge >= 0.3 is 0 Å². The topological polar surface area (TPSA) is 25.2 Å². The summed E-state index contributed by atoms with van der Waals surface area (Å²) in [7, 11) is 1.97. The lowest BCUT2D eigenvalue weighted by Gasteiger charge is -2.13. The van der Waals surface area contributed by atoms with Gasteiger partial charge in [0.15, 0.2) is 0 Å². The third-order valence-electron chi connectivity index (χ3n) is 2.33. The molecule has 0 aliphatic heterocycles. The highest BCUT2D eigenvalue weighted by molar-refractivity contribution is 7.10. The van der Waals surface area contributed by atoms with Crippen molar-refractivity contribution in [2.24, 2.45) is 0 Å². The predicted octanol–water partition coefficient (Wildman–Crippen LogP) is 2.96. The minimum Gasteiger partial charge on any atom is -0.472 e. The Balaban J connectivity index is 2.36. The highest BCUT2D eigenvalue weighted by atomic mass is 32.1. The lowest BCUT2D eigenvalue weighted by atomic mass is 10.1. The molecule has 0 amide bonds. The van der Waals surface area contributed by atoms with Crippen molar-refractivity contribution in [2.75, 3.05) is 7.05 Å². The van der Waals surface area contributed by atoms with Crippen LogP contribution in [0.15, 0.2) is 34.5 Å². The van der Waals surface area contributed by atoms with Crippen molar-refractivity contribution >= 4 is 11.3 Å². The standard InChI is InChI=1S/C11H13NOS/c1-8-4-6-14-11(8)10(12-2)9-3-5-13-7-9/h3-7,10,12H,1-2H3. The molecule has 0 saturated heterocycles. The fraction of sp³-hybridized carbons (Fsp3) is 0.273. The number of hydrogen-bond acceptors (Lipinski definition) is 3. The lowest BCUT2D eigenvalue weighted by molar-refractivity contribution is 0.558. The second-order valence-corrected chi connectivity index (χ2v) is 4.19. The van der Waals surface area contributed by atoms with Crippen molar-refractivity contribution in [3.63, 3.8) is 0 Å². The predicted molar refractivity (Wildman–Crippen MR) is 58.7 cm³/mol. The molecule has 0 aliphatic rings. The Hall–Kier alpha value is -1.06. The molecule has 0 aromatic carbocycles. The lowest BCUT2D eigenvalue weighted by Crippen LogP contribution is -2.16. The van der Waals surface area contributed by atoms with Crippen LogP contribution >= 0.6 is 11.3 Å². The molecule has 0 saturated carbocycles. The minimum absolute atomic E-state index is 0.258. The minimum atomic E-state index is 0.258. The van der Waals surface area contributed by atoms with Gasteiger partial charge in [0.25, 0.3) is 0 Å². The molecule has 0 aliphatic carbocycles. The first kappa shape index (κ1) is 9.49. The summed E-state index contributed by atoms with van der Waals surface area (Å²) >= 11 is 1.78. The van der Waals surface area contributed by atoms with E-state index >= 15 is 0 Å². The van der Waals surface area contributed by atoms with E-state index in [-0.39, 0.29) is 6.04 Å². The molecular formula is C11H13NOS. The van der Waals surface area contributed by atoms with Gasteiger partial charge in [-0.15, -0.1) is 11.3 Å². The first-order valence-electron chi connectivity index (χ1n) is 4.56. The average Bonchev–Trinajstić information content (AvgIpc) is 2.80. The van der Waals surface area contributed by atoms with Crippen LogP contribution in [0, 0.1) is 6.92 Å².